The van der Waals surface area contributed by atoms with E-state index in [0.29, 0.717) is 0 Å². The second-order valence-electron chi connectivity index (χ2n) is 7.44. The maximum Gasteiger partial charge on any atom is 0.0465 e. The molecule has 1 aliphatic rings. The first-order chi connectivity index (χ1) is 9.28. The topological polar surface area (TPSA) is 20.2 Å². The van der Waals surface area contributed by atoms with Crippen molar-refractivity contribution in [1.82, 2.24) is 0 Å². The number of rotatable bonds is 3. The highest BCUT2D eigenvalue weighted by Crippen LogP contribution is 2.46. The van der Waals surface area contributed by atoms with Gasteiger partial charge in [0.1, 0.15) is 0 Å². The highest BCUT2D eigenvalue weighted by Gasteiger charge is 2.37. The number of aryl methyl sites for hydroxylation is 1. The van der Waals surface area contributed by atoms with Crippen LogP contribution in [-0.2, 0) is 10.8 Å². The molecule has 0 amide bonds. The molecule has 1 N–H and O–H groups in total. The molecule has 0 aromatic heterocycles. The molecule has 110 valence electrons. The van der Waals surface area contributed by atoms with Crippen molar-refractivity contribution in [1.29, 1.82) is 0 Å². The molecule has 0 atom stereocenters. The molecule has 0 aliphatic heterocycles. The van der Waals surface area contributed by atoms with Crippen molar-refractivity contribution in [3.63, 3.8) is 0 Å². The number of aliphatic hydroxyl groups excluding tert-OH is 1. The van der Waals surface area contributed by atoms with Gasteiger partial charge in [-0.05, 0) is 59.3 Å². The predicted molar refractivity (Wildman–Crippen MR) is 87.2 cm³/mol. The maximum atomic E-state index is 8.91. The fourth-order valence-corrected chi connectivity index (χ4v) is 3.20. The first kappa shape index (κ1) is 15.3. The van der Waals surface area contributed by atoms with E-state index in [9.17, 15) is 0 Å². The van der Waals surface area contributed by atoms with Crippen LogP contribution in [0.25, 0.3) is 6.08 Å². The van der Waals surface area contributed by atoms with Gasteiger partial charge in [-0.25, -0.2) is 0 Å². The summed E-state index contributed by atoms with van der Waals surface area (Å²) in [7, 11) is 0. The van der Waals surface area contributed by atoms with Crippen LogP contribution in [0.3, 0.4) is 0 Å². The molecule has 20 heavy (non-hydrogen) atoms. The van der Waals surface area contributed by atoms with Crippen molar-refractivity contribution < 1.29 is 5.11 Å². The van der Waals surface area contributed by atoms with Crippen LogP contribution < -0.4 is 0 Å². The lowest BCUT2D eigenvalue weighted by atomic mass is 9.62. The van der Waals surface area contributed by atoms with Crippen molar-refractivity contribution in [2.45, 2.75) is 64.7 Å². The molecule has 1 heteroatoms. The normalized spacial score (nSPS) is 20.1. The van der Waals surface area contributed by atoms with Crippen molar-refractivity contribution in [2.75, 3.05) is 6.61 Å². The van der Waals surface area contributed by atoms with E-state index in [4.69, 9.17) is 5.11 Å². The fourth-order valence-electron chi connectivity index (χ4n) is 3.20. The average Bonchev–Trinajstić information content (AvgIpc) is 2.37. The van der Waals surface area contributed by atoms with Gasteiger partial charge < -0.3 is 5.11 Å². The third-order valence-corrected chi connectivity index (χ3v) is 4.83. The molecule has 0 saturated carbocycles. The van der Waals surface area contributed by atoms with Crippen LogP contribution in [0.15, 0.2) is 18.2 Å². The monoisotopic (exact) mass is 272 g/mol. The molecule has 1 aliphatic carbocycles. The lowest BCUT2D eigenvalue weighted by Gasteiger charge is -2.42. The number of fused-ring (bicyclic) bond motifs is 1. The van der Waals surface area contributed by atoms with Gasteiger partial charge in [0.05, 0.1) is 0 Å². The Morgan fingerprint density at radius 1 is 1.05 bits per heavy atom. The van der Waals surface area contributed by atoms with E-state index >= 15 is 0 Å². The first-order valence-corrected chi connectivity index (χ1v) is 7.71. The summed E-state index contributed by atoms with van der Waals surface area (Å²) in [6.45, 7) is 11.9. The minimum atomic E-state index is 0.221. The van der Waals surface area contributed by atoms with Crippen molar-refractivity contribution in [3.05, 3.63) is 40.5 Å². The Morgan fingerprint density at radius 2 is 1.60 bits per heavy atom. The van der Waals surface area contributed by atoms with E-state index in [1.807, 2.05) is 0 Å². The van der Waals surface area contributed by atoms with Crippen molar-refractivity contribution >= 4 is 6.08 Å². The third kappa shape index (κ3) is 2.83. The van der Waals surface area contributed by atoms with E-state index < -0.39 is 0 Å². The number of hydrogen-bond acceptors (Lipinski definition) is 1. The summed E-state index contributed by atoms with van der Waals surface area (Å²) < 4.78 is 0. The Hall–Kier alpha value is -1.08. The Labute approximate surface area is 123 Å². The van der Waals surface area contributed by atoms with Gasteiger partial charge in [0.25, 0.3) is 0 Å². The van der Waals surface area contributed by atoms with Crippen LogP contribution in [0, 0.1) is 6.92 Å². The molecular weight excluding hydrogens is 244 g/mol. The SMILES string of the molecule is Cc1cc2c(cc1C=CCCO)C(C)(C)CCC2(C)C. The zero-order valence-electron chi connectivity index (χ0n) is 13.6. The van der Waals surface area contributed by atoms with E-state index in [0.717, 1.165) is 6.42 Å². The minimum Gasteiger partial charge on any atom is -0.396 e. The van der Waals surface area contributed by atoms with Crippen molar-refractivity contribution in [3.8, 4) is 0 Å². The summed E-state index contributed by atoms with van der Waals surface area (Å²) in [4.78, 5) is 0. The van der Waals surface area contributed by atoms with Gasteiger partial charge in [-0.3, -0.25) is 0 Å². The van der Waals surface area contributed by atoms with Gasteiger partial charge in [-0.1, -0.05) is 52.0 Å². The lowest BCUT2D eigenvalue weighted by Crippen LogP contribution is -2.34. The second-order valence-corrected chi connectivity index (χ2v) is 7.44. The zero-order chi connectivity index (χ0) is 15.0. The van der Waals surface area contributed by atoms with E-state index in [2.05, 4.69) is 58.9 Å². The van der Waals surface area contributed by atoms with Crippen molar-refractivity contribution in [2.24, 2.45) is 0 Å². The smallest absolute Gasteiger partial charge is 0.0465 e. The summed E-state index contributed by atoms with van der Waals surface area (Å²) in [5.74, 6) is 0. The summed E-state index contributed by atoms with van der Waals surface area (Å²) in [5.41, 5.74) is 6.20. The summed E-state index contributed by atoms with van der Waals surface area (Å²) in [6.07, 6.45) is 7.45. The minimum absolute atomic E-state index is 0.221. The molecule has 0 spiro atoms. The Balaban J connectivity index is 2.52. The molecule has 0 saturated heterocycles. The predicted octanol–water partition coefficient (Wildman–Crippen LogP) is 4.74. The summed E-state index contributed by atoms with van der Waals surface area (Å²) in [5, 5.41) is 8.91. The zero-order valence-corrected chi connectivity index (χ0v) is 13.6. The fraction of sp³-hybridized carbons (Fsp3) is 0.579. The van der Waals surface area contributed by atoms with E-state index in [1.165, 1.54) is 35.1 Å². The molecule has 1 nitrogen and oxygen atoms in total. The van der Waals surface area contributed by atoms with Gasteiger partial charge in [-0.2, -0.15) is 0 Å². The molecule has 1 aromatic rings. The molecule has 0 bridgehead atoms. The summed E-state index contributed by atoms with van der Waals surface area (Å²) >= 11 is 0. The third-order valence-electron chi connectivity index (χ3n) is 4.83. The van der Waals surface area contributed by atoms with Gasteiger partial charge in [0.15, 0.2) is 0 Å². The number of benzene rings is 1. The van der Waals surface area contributed by atoms with Gasteiger partial charge in [0.2, 0.25) is 0 Å². The maximum absolute atomic E-state index is 8.91. The second kappa shape index (κ2) is 5.37. The standard InChI is InChI=1S/C19H28O/c1-14-12-16-17(13-15(14)8-6-7-11-20)19(4,5)10-9-18(16,2)3/h6,8,12-13,20H,7,9-11H2,1-5H3. The van der Waals surface area contributed by atoms with Crippen LogP contribution in [-0.4, -0.2) is 11.7 Å². The van der Waals surface area contributed by atoms with Crippen LogP contribution in [0.2, 0.25) is 0 Å². The molecule has 0 fully saturated rings. The molecule has 0 radical (unpaired) electrons. The van der Waals surface area contributed by atoms with E-state index in [1.54, 1.807) is 0 Å². The first-order valence-electron chi connectivity index (χ1n) is 7.71. The van der Waals surface area contributed by atoms with Crippen LogP contribution in [0.4, 0.5) is 0 Å². The van der Waals surface area contributed by atoms with Gasteiger partial charge in [0, 0.05) is 6.61 Å². The van der Waals surface area contributed by atoms with Crippen LogP contribution in [0.5, 0.6) is 0 Å². The van der Waals surface area contributed by atoms with Crippen LogP contribution in [0.1, 0.15) is 69.2 Å². The molecular formula is C19H28O. The average molecular weight is 272 g/mol. The molecule has 0 heterocycles. The molecule has 2 rings (SSSR count). The summed E-state index contributed by atoms with van der Waals surface area (Å²) in [6, 6.07) is 4.76. The largest absolute Gasteiger partial charge is 0.396 e. The van der Waals surface area contributed by atoms with Crippen LogP contribution >= 0.6 is 0 Å². The molecule has 0 unspecified atom stereocenters. The number of hydrogen-bond donors (Lipinski definition) is 1. The van der Waals surface area contributed by atoms with E-state index in [-0.39, 0.29) is 17.4 Å². The quantitative estimate of drug-likeness (QED) is 0.842. The van der Waals surface area contributed by atoms with Gasteiger partial charge >= 0.3 is 0 Å². The Morgan fingerprint density at radius 3 is 2.15 bits per heavy atom. The van der Waals surface area contributed by atoms with Gasteiger partial charge in [-0.15, -0.1) is 0 Å². The molecule has 1 aromatic carbocycles. The lowest BCUT2D eigenvalue weighted by molar-refractivity contribution is 0.303. The highest BCUT2D eigenvalue weighted by molar-refractivity contribution is 5.59. The Kier molecular flexibility index (Phi) is 4.11. The number of aliphatic hydroxyl groups is 1. The Bertz CT molecular complexity index is 521. The highest BCUT2D eigenvalue weighted by atomic mass is 16.2.